The Balaban J connectivity index is 2.15. The molecule has 24 heavy (non-hydrogen) atoms. The molecule has 1 heterocycles. The average molecular weight is 319 g/mol. The number of nitrogens with zero attached hydrogens (tertiary/aromatic N) is 1. The minimum absolute atomic E-state index is 0.265. The van der Waals surface area contributed by atoms with E-state index in [2.05, 4.69) is 11.6 Å². The van der Waals surface area contributed by atoms with E-state index in [4.69, 9.17) is 9.47 Å². The van der Waals surface area contributed by atoms with Gasteiger partial charge in [-0.05, 0) is 41.0 Å². The first-order valence-electron chi connectivity index (χ1n) is 7.46. The zero-order valence-electron chi connectivity index (χ0n) is 13.6. The number of aromatic nitrogens is 1. The normalized spacial score (nSPS) is 10.4. The summed E-state index contributed by atoms with van der Waals surface area (Å²) in [6.07, 6.45) is 0. The average Bonchev–Trinajstić information content (AvgIpc) is 2.66. The van der Waals surface area contributed by atoms with E-state index < -0.39 is 5.97 Å². The summed E-state index contributed by atoms with van der Waals surface area (Å²) < 4.78 is 10.00. The maximum absolute atomic E-state index is 11.9. The lowest BCUT2D eigenvalue weighted by Gasteiger charge is -2.12. The van der Waals surface area contributed by atoms with Crippen molar-refractivity contribution >= 4 is 22.4 Å². The fourth-order valence-electron chi connectivity index (χ4n) is 2.58. The molecule has 0 bridgehead atoms. The minimum Gasteiger partial charge on any atom is -0.497 e. The van der Waals surface area contributed by atoms with Crippen molar-refractivity contribution in [2.24, 2.45) is 0 Å². The number of rotatable bonds is 4. The maximum atomic E-state index is 11.9. The summed E-state index contributed by atoms with van der Waals surface area (Å²) in [4.78, 5) is 16.3. The number of fused-ring (bicyclic) bond motifs is 1. The number of carbonyl (C=O) groups excluding carboxylic acids is 1. The highest BCUT2D eigenvalue weighted by Crippen LogP contribution is 2.29. The predicted octanol–water partition coefficient (Wildman–Crippen LogP) is 4.09. The topological polar surface area (TPSA) is 48.4 Å². The van der Waals surface area contributed by atoms with Crippen molar-refractivity contribution < 1.29 is 14.3 Å². The minimum atomic E-state index is -0.468. The Bertz CT molecular complexity index is 914. The number of para-hydroxylation sites is 1. The second-order valence-electron chi connectivity index (χ2n) is 5.27. The molecule has 3 rings (SSSR count). The molecule has 4 nitrogen and oxygen atoms in total. The molecule has 120 valence electrons. The molecular weight excluding hydrogens is 302 g/mol. The molecule has 0 radical (unpaired) electrons. The van der Waals surface area contributed by atoms with E-state index in [1.165, 1.54) is 7.11 Å². The molecule has 0 N–H and O–H groups in total. The van der Waals surface area contributed by atoms with Gasteiger partial charge in [0.25, 0.3) is 0 Å². The number of carbonyl (C=O) groups is 1. The largest absolute Gasteiger partial charge is 0.497 e. The molecular formula is C20H17NO3. The lowest BCUT2D eigenvalue weighted by atomic mass is 9.95. The number of hydrogen-bond acceptors (Lipinski definition) is 4. The van der Waals surface area contributed by atoms with E-state index in [1.807, 2.05) is 48.5 Å². The van der Waals surface area contributed by atoms with Gasteiger partial charge in [0.1, 0.15) is 11.4 Å². The Morgan fingerprint density at radius 2 is 1.75 bits per heavy atom. The van der Waals surface area contributed by atoms with Crippen LogP contribution in [0.5, 0.6) is 5.75 Å². The van der Waals surface area contributed by atoms with Gasteiger partial charge >= 0.3 is 5.97 Å². The van der Waals surface area contributed by atoms with Crippen molar-refractivity contribution in [2.75, 3.05) is 14.2 Å². The van der Waals surface area contributed by atoms with Gasteiger partial charge in [-0.1, -0.05) is 36.9 Å². The molecule has 0 spiro atoms. The second-order valence-corrected chi connectivity index (χ2v) is 5.27. The first kappa shape index (κ1) is 15.7. The van der Waals surface area contributed by atoms with Crippen LogP contribution < -0.4 is 4.74 Å². The molecule has 0 amide bonds. The Morgan fingerprint density at radius 1 is 1.04 bits per heavy atom. The number of benzene rings is 2. The number of hydrogen-bond donors (Lipinski definition) is 0. The first-order chi connectivity index (χ1) is 11.6. The van der Waals surface area contributed by atoms with Crippen LogP contribution >= 0.6 is 0 Å². The van der Waals surface area contributed by atoms with Crippen LogP contribution in [0.15, 0.2) is 61.2 Å². The highest BCUT2D eigenvalue weighted by Gasteiger charge is 2.14. The van der Waals surface area contributed by atoms with Gasteiger partial charge in [0.15, 0.2) is 0 Å². The van der Waals surface area contributed by atoms with Crippen LogP contribution in [0, 0.1) is 0 Å². The Labute approximate surface area is 140 Å². The maximum Gasteiger partial charge on any atom is 0.356 e. The van der Waals surface area contributed by atoms with Crippen molar-refractivity contribution in [3.8, 4) is 5.75 Å². The van der Waals surface area contributed by atoms with Gasteiger partial charge in [-0.15, -0.1) is 0 Å². The van der Waals surface area contributed by atoms with Gasteiger partial charge in [0.05, 0.1) is 19.7 Å². The molecule has 0 aliphatic heterocycles. The van der Waals surface area contributed by atoms with Crippen LogP contribution in [-0.4, -0.2) is 25.2 Å². The Morgan fingerprint density at radius 3 is 2.42 bits per heavy atom. The van der Waals surface area contributed by atoms with Gasteiger partial charge < -0.3 is 9.47 Å². The molecule has 0 fully saturated rings. The SMILES string of the molecule is C=C(c1ccc(OC)cc1)c1cc(C(=O)OC)nc2ccccc12. The first-order valence-corrected chi connectivity index (χ1v) is 7.46. The zero-order chi connectivity index (χ0) is 17.1. The fourth-order valence-corrected chi connectivity index (χ4v) is 2.58. The van der Waals surface area contributed by atoms with Crippen LogP contribution in [0.25, 0.3) is 16.5 Å². The zero-order valence-corrected chi connectivity index (χ0v) is 13.6. The van der Waals surface area contributed by atoms with Crippen LogP contribution in [0.3, 0.4) is 0 Å². The summed E-state index contributed by atoms with van der Waals surface area (Å²) in [6.45, 7) is 4.21. The third-order valence-corrected chi connectivity index (χ3v) is 3.87. The van der Waals surface area contributed by atoms with Gasteiger partial charge in [0, 0.05) is 5.39 Å². The standard InChI is InChI=1S/C20H17NO3/c1-13(14-8-10-15(23-2)11-9-14)17-12-19(20(22)24-3)21-18-7-5-4-6-16(17)18/h4-12H,1H2,2-3H3. The van der Waals surface area contributed by atoms with Crippen molar-refractivity contribution in [2.45, 2.75) is 0 Å². The lowest BCUT2D eigenvalue weighted by Crippen LogP contribution is -2.06. The fraction of sp³-hybridized carbons (Fsp3) is 0.100. The summed E-state index contributed by atoms with van der Waals surface area (Å²) in [7, 11) is 2.97. The van der Waals surface area contributed by atoms with Gasteiger partial charge in [-0.25, -0.2) is 9.78 Å². The van der Waals surface area contributed by atoms with Crippen LogP contribution in [0.1, 0.15) is 21.6 Å². The smallest absolute Gasteiger partial charge is 0.356 e. The van der Waals surface area contributed by atoms with E-state index in [-0.39, 0.29) is 5.69 Å². The van der Waals surface area contributed by atoms with Crippen molar-refractivity contribution in [1.82, 2.24) is 4.98 Å². The van der Waals surface area contributed by atoms with Crippen LogP contribution in [0.2, 0.25) is 0 Å². The lowest BCUT2D eigenvalue weighted by molar-refractivity contribution is 0.0594. The number of pyridine rings is 1. The molecule has 4 heteroatoms. The van der Waals surface area contributed by atoms with E-state index in [1.54, 1.807) is 13.2 Å². The second kappa shape index (κ2) is 6.54. The van der Waals surface area contributed by atoms with E-state index in [0.717, 1.165) is 33.4 Å². The third kappa shape index (κ3) is 2.86. The molecule has 0 aliphatic carbocycles. The molecule has 0 unspecified atom stereocenters. The molecule has 2 aromatic carbocycles. The molecule has 0 aliphatic rings. The summed E-state index contributed by atoms with van der Waals surface area (Å²) in [5.41, 5.74) is 3.60. The number of ether oxygens (including phenoxy) is 2. The van der Waals surface area contributed by atoms with Crippen LogP contribution in [-0.2, 0) is 4.74 Å². The summed E-state index contributed by atoms with van der Waals surface area (Å²) in [5, 5.41) is 0.936. The Hall–Kier alpha value is -3.14. The quantitative estimate of drug-likeness (QED) is 0.680. The third-order valence-electron chi connectivity index (χ3n) is 3.87. The number of esters is 1. The molecule has 3 aromatic rings. The monoisotopic (exact) mass is 319 g/mol. The van der Waals surface area contributed by atoms with E-state index in [0.29, 0.717) is 0 Å². The van der Waals surface area contributed by atoms with Gasteiger partial charge in [-0.3, -0.25) is 0 Å². The molecule has 0 atom stereocenters. The van der Waals surface area contributed by atoms with Crippen LogP contribution in [0.4, 0.5) is 0 Å². The highest BCUT2D eigenvalue weighted by molar-refractivity contribution is 5.99. The molecule has 0 saturated heterocycles. The summed E-state index contributed by atoms with van der Waals surface area (Å²) >= 11 is 0. The van der Waals surface area contributed by atoms with Crippen molar-refractivity contribution in [3.05, 3.63) is 78.0 Å². The number of methoxy groups -OCH3 is 2. The van der Waals surface area contributed by atoms with Crippen molar-refractivity contribution in [1.29, 1.82) is 0 Å². The van der Waals surface area contributed by atoms with Gasteiger partial charge in [-0.2, -0.15) is 0 Å². The van der Waals surface area contributed by atoms with E-state index in [9.17, 15) is 4.79 Å². The molecule has 0 saturated carbocycles. The predicted molar refractivity (Wildman–Crippen MR) is 94.2 cm³/mol. The molecule has 1 aromatic heterocycles. The summed E-state index contributed by atoms with van der Waals surface area (Å²) in [5.74, 6) is 0.311. The van der Waals surface area contributed by atoms with E-state index >= 15 is 0 Å². The van der Waals surface area contributed by atoms with Gasteiger partial charge in [0.2, 0.25) is 0 Å². The summed E-state index contributed by atoms with van der Waals surface area (Å²) in [6, 6.07) is 17.0. The van der Waals surface area contributed by atoms with Crippen molar-refractivity contribution in [3.63, 3.8) is 0 Å². The highest BCUT2D eigenvalue weighted by atomic mass is 16.5. The Kier molecular flexibility index (Phi) is 4.29.